The first-order valence-electron chi connectivity index (χ1n) is 10.2. The summed E-state index contributed by atoms with van der Waals surface area (Å²) in [5.74, 6) is -1.83. The lowest BCUT2D eigenvalue weighted by Gasteiger charge is -2.40. The summed E-state index contributed by atoms with van der Waals surface area (Å²) in [6, 6.07) is 11.7. The van der Waals surface area contributed by atoms with Crippen molar-refractivity contribution in [3.8, 4) is 11.5 Å². The van der Waals surface area contributed by atoms with Gasteiger partial charge in [0, 0.05) is 36.2 Å². The first kappa shape index (κ1) is 17.8. The van der Waals surface area contributed by atoms with E-state index in [1.54, 1.807) is 0 Å². The standard InChI is InChI=1S/C23H25F2NO2/c1-2-3-6-11-26-14-22(16-7-4-5-8-19(16)26)9-10-23(24,25)18-13-21-20(12-17(18)22)27-15-28-21/h4-5,7-8,12-13H,2-3,6,9-11,14-15H2,1H3. The quantitative estimate of drug-likeness (QED) is 0.640. The number of para-hydroxylation sites is 1. The molecule has 2 heterocycles. The second-order valence-corrected chi connectivity index (χ2v) is 8.18. The molecule has 3 aliphatic rings. The minimum Gasteiger partial charge on any atom is -0.454 e. The third-order valence-corrected chi connectivity index (χ3v) is 6.54. The van der Waals surface area contributed by atoms with Crippen LogP contribution in [-0.2, 0) is 11.3 Å². The number of benzene rings is 2. The van der Waals surface area contributed by atoms with E-state index in [-0.39, 0.29) is 18.8 Å². The van der Waals surface area contributed by atoms with Crippen LogP contribution < -0.4 is 14.4 Å². The second-order valence-electron chi connectivity index (χ2n) is 8.18. The molecule has 0 amide bonds. The third-order valence-electron chi connectivity index (χ3n) is 6.54. The fourth-order valence-corrected chi connectivity index (χ4v) is 5.13. The van der Waals surface area contributed by atoms with E-state index in [1.807, 2.05) is 18.2 Å². The monoisotopic (exact) mass is 385 g/mol. The van der Waals surface area contributed by atoms with Gasteiger partial charge in [0.25, 0.3) is 5.92 Å². The molecule has 0 saturated carbocycles. The SMILES string of the molecule is CCCCCN1CC2(CCC(F)(F)c3cc4c(cc32)OCO4)c2ccccc21. The van der Waals surface area contributed by atoms with Crippen molar-refractivity contribution in [2.24, 2.45) is 0 Å². The highest BCUT2D eigenvalue weighted by Crippen LogP contribution is 2.58. The van der Waals surface area contributed by atoms with Crippen LogP contribution in [0.5, 0.6) is 11.5 Å². The van der Waals surface area contributed by atoms with E-state index < -0.39 is 11.3 Å². The molecule has 1 aliphatic carbocycles. The number of fused-ring (bicyclic) bond motifs is 5. The third kappa shape index (κ3) is 2.51. The molecule has 5 heteroatoms. The van der Waals surface area contributed by atoms with Crippen LogP contribution in [0.2, 0.25) is 0 Å². The summed E-state index contributed by atoms with van der Waals surface area (Å²) in [5.41, 5.74) is 2.75. The fourth-order valence-electron chi connectivity index (χ4n) is 5.13. The molecule has 2 aromatic rings. The average Bonchev–Trinajstić information content (AvgIpc) is 3.28. The van der Waals surface area contributed by atoms with Crippen LogP contribution in [0.1, 0.15) is 55.7 Å². The number of unbranched alkanes of at least 4 members (excludes halogenated alkanes) is 2. The number of hydrogen-bond donors (Lipinski definition) is 0. The Bertz CT molecular complexity index is 913. The topological polar surface area (TPSA) is 21.7 Å². The van der Waals surface area contributed by atoms with Crippen LogP contribution in [0, 0.1) is 0 Å². The highest BCUT2D eigenvalue weighted by molar-refractivity contribution is 5.69. The molecule has 1 atom stereocenters. The van der Waals surface area contributed by atoms with Gasteiger partial charge in [0.1, 0.15) is 0 Å². The zero-order chi connectivity index (χ0) is 19.4. The molecule has 0 bridgehead atoms. The maximum absolute atomic E-state index is 14.9. The zero-order valence-electron chi connectivity index (χ0n) is 16.1. The molecule has 1 spiro atoms. The van der Waals surface area contributed by atoms with Crippen LogP contribution in [0.3, 0.4) is 0 Å². The lowest BCUT2D eigenvalue weighted by atomic mass is 9.66. The van der Waals surface area contributed by atoms with E-state index in [9.17, 15) is 8.78 Å². The molecular weight excluding hydrogens is 360 g/mol. The lowest BCUT2D eigenvalue weighted by Crippen LogP contribution is -2.41. The minimum atomic E-state index is -2.84. The molecule has 148 valence electrons. The predicted octanol–water partition coefficient (Wildman–Crippen LogP) is 5.60. The summed E-state index contributed by atoms with van der Waals surface area (Å²) in [6.45, 7) is 4.00. The molecular formula is C23H25F2NO2. The van der Waals surface area contributed by atoms with Gasteiger partial charge in [0.2, 0.25) is 6.79 Å². The number of ether oxygens (including phenoxy) is 2. The Balaban J connectivity index is 1.65. The van der Waals surface area contributed by atoms with Gasteiger partial charge in [-0.2, -0.15) is 0 Å². The van der Waals surface area contributed by atoms with Gasteiger partial charge < -0.3 is 14.4 Å². The molecule has 0 saturated heterocycles. The van der Waals surface area contributed by atoms with Gasteiger partial charge in [-0.15, -0.1) is 0 Å². The Kier molecular flexibility index (Phi) is 4.04. The van der Waals surface area contributed by atoms with Crippen molar-refractivity contribution in [1.29, 1.82) is 0 Å². The molecule has 0 radical (unpaired) electrons. The van der Waals surface area contributed by atoms with Gasteiger partial charge >= 0.3 is 0 Å². The first-order valence-corrected chi connectivity index (χ1v) is 10.2. The van der Waals surface area contributed by atoms with Crippen molar-refractivity contribution in [2.45, 2.75) is 50.4 Å². The summed E-state index contributed by atoms with van der Waals surface area (Å²) in [7, 11) is 0. The maximum atomic E-state index is 14.9. The predicted molar refractivity (Wildman–Crippen MR) is 105 cm³/mol. The minimum absolute atomic E-state index is 0.0938. The van der Waals surface area contributed by atoms with Gasteiger partial charge in [0.15, 0.2) is 11.5 Å². The zero-order valence-corrected chi connectivity index (χ0v) is 16.1. The Morgan fingerprint density at radius 2 is 1.71 bits per heavy atom. The largest absolute Gasteiger partial charge is 0.454 e. The van der Waals surface area contributed by atoms with Crippen molar-refractivity contribution in [3.05, 3.63) is 53.1 Å². The molecule has 1 unspecified atom stereocenters. The number of alkyl halides is 2. The molecule has 3 nitrogen and oxygen atoms in total. The first-order chi connectivity index (χ1) is 13.5. The summed E-state index contributed by atoms with van der Waals surface area (Å²) in [5, 5.41) is 0. The number of rotatable bonds is 4. The number of anilines is 1. The molecule has 0 N–H and O–H groups in total. The van der Waals surface area contributed by atoms with E-state index in [1.165, 1.54) is 30.2 Å². The van der Waals surface area contributed by atoms with Gasteiger partial charge in [0.05, 0.1) is 0 Å². The van der Waals surface area contributed by atoms with Crippen LogP contribution in [0.15, 0.2) is 36.4 Å². The van der Waals surface area contributed by atoms with Gasteiger partial charge in [-0.1, -0.05) is 38.0 Å². The molecule has 28 heavy (non-hydrogen) atoms. The van der Waals surface area contributed by atoms with E-state index in [2.05, 4.69) is 24.0 Å². The number of nitrogens with zero attached hydrogens (tertiary/aromatic N) is 1. The molecule has 0 fully saturated rings. The summed E-state index contributed by atoms with van der Waals surface area (Å²) in [4.78, 5) is 2.39. The van der Waals surface area contributed by atoms with E-state index in [0.717, 1.165) is 19.5 Å². The maximum Gasteiger partial charge on any atom is 0.273 e. The van der Waals surface area contributed by atoms with Crippen LogP contribution in [0.25, 0.3) is 0 Å². The van der Waals surface area contributed by atoms with Gasteiger partial charge in [-0.25, -0.2) is 8.78 Å². The van der Waals surface area contributed by atoms with Crippen molar-refractivity contribution in [1.82, 2.24) is 0 Å². The Morgan fingerprint density at radius 1 is 0.964 bits per heavy atom. The number of hydrogen-bond acceptors (Lipinski definition) is 3. The van der Waals surface area contributed by atoms with Gasteiger partial charge in [-0.05, 0) is 42.2 Å². The number of halogens is 2. The van der Waals surface area contributed by atoms with E-state index in [0.29, 0.717) is 23.5 Å². The normalized spacial score (nSPS) is 23.8. The van der Waals surface area contributed by atoms with Crippen molar-refractivity contribution >= 4 is 5.69 Å². The average molecular weight is 385 g/mol. The molecule has 2 aromatic carbocycles. The van der Waals surface area contributed by atoms with Crippen molar-refractivity contribution in [2.75, 3.05) is 24.8 Å². The Hall–Kier alpha value is -2.30. The van der Waals surface area contributed by atoms with Crippen molar-refractivity contribution in [3.63, 3.8) is 0 Å². The van der Waals surface area contributed by atoms with Crippen LogP contribution in [-0.4, -0.2) is 19.9 Å². The molecule has 5 rings (SSSR count). The van der Waals surface area contributed by atoms with Crippen LogP contribution >= 0.6 is 0 Å². The van der Waals surface area contributed by atoms with E-state index >= 15 is 0 Å². The fraction of sp³-hybridized carbons (Fsp3) is 0.478. The lowest BCUT2D eigenvalue weighted by molar-refractivity contribution is -0.0295. The summed E-state index contributed by atoms with van der Waals surface area (Å²) >= 11 is 0. The highest BCUT2D eigenvalue weighted by Gasteiger charge is 2.53. The van der Waals surface area contributed by atoms with E-state index in [4.69, 9.17) is 9.47 Å². The Labute approximate surface area is 164 Å². The van der Waals surface area contributed by atoms with Gasteiger partial charge in [-0.3, -0.25) is 0 Å². The molecule has 0 aromatic heterocycles. The molecule has 2 aliphatic heterocycles. The van der Waals surface area contributed by atoms with Crippen LogP contribution in [0.4, 0.5) is 14.5 Å². The smallest absolute Gasteiger partial charge is 0.273 e. The summed E-state index contributed by atoms with van der Waals surface area (Å²) in [6.07, 6.45) is 3.76. The van der Waals surface area contributed by atoms with Crippen molar-refractivity contribution < 1.29 is 18.3 Å². The summed E-state index contributed by atoms with van der Waals surface area (Å²) < 4.78 is 40.8. The highest BCUT2D eigenvalue weighted by atomic mass is 19.3. The Morgan fingerprint density at radius 3 is 2.50 bits per heavy atom. The second kappa shape index (κ2) is 6.36.